The van der Waals surface area contributed by atoms with Gasteiger partial charge in [0.15, 0.2) is 5.76 Å². The summed E-state index contributed by atoms with van der Waals surface area (Å²) in [5, 5.41) is 6.79. The van der Waals surface area contributed by atoms with Gasteiger partial charge < -0.3 is 18.8 Å². The zero-order chi connectivity index (χ0) is 27.2. The number of amides is 2. The molecule has 0 spiro atoms. The van der Waals surface area contributed by atoms with E-state index < -0.39 is 0 Å². The molecular weight excluding hydrogens is 520 g/mol. The number of hydrogen-bond donors (Lipinski definition) is 0. The fourth-order valence-corrected chi connectivity index (χ4v) is 5.06. The number of ether oxygens (including phenoxy) is 2. The molecule has 2 aliphatic rings. The van der Waals surface area contributed by atoms with Gasteiger partial charge in [0.05, 0.1) is 38.3 Å². The normalized spacial score (nSPS) is 17.6. The van der Waals surface area contributed by atoms with E-state index >= 15 is 0 Å². The van der Waals surface area contributed by atoms with Gasteiger partial charge in [-0.15, -0.1) is 0 Å². The van der Waals surface area contributed by atoms with Gasteiger partial charge in [0.2, 0.25) is 0 Å². The maximum Gasteiger partial charge on any atom is 0.290 e. The number of carbonyl (C=O) groups excluding carboxylic acids is 2. The van der Waals surface area contributed by atoms with Crippen molar-refractivity contribution in [3.63, 3.8) is 0 Å². The molecule has 0 saturated carbocycles. The van der Waals surface area contributed by atoms with Crippen molar-refractivity contribution >= 4 is 29.1 Å². The number of halogens is 1. The monoisotopic (exact) mass is 550 g/mol. The van der Waals surface area contributed by atoms with Crippen LogP contribution in [0.4, 0.5) is 0 Å². The van der Waals surface area contributed by atoms with Crippen molar-refractivity contribution in [2.75, 3.05) is 53.0 Å². The van der Waals surface area contributed by atoms with Gasteiger partial charge in [-0.1, -0.05) is 41.9 Å². The number of hydrazone groups is 1. The second kappa shape index (κ2) is 12.5. The minimum absolute atomic E-state index is 0.143. The van der Waals surface area contributed by atoms with Gasteiger partial charge in [-0.2, -0.15) is 5.10 Å². The fourth-order valence-electron chi connectivity index (χ4n) is 4.82. The maximum atomic E-state index is 13.9. The van der Waals surface area contributed by atoms with Crippen molar-refractivity contribution < 1.29 is 23.5 Å². The van der Waals surface area contributed by atoms with Gasteiger partial charge in [0, 0.05) is 43.2 Å². The number of benzene rings is 2. The maximum absolute atomic E-state index is 13.9. The van der Waals surface area contributed by atoms with Crippen molar-refractivity contribution in [1.29, 1.82) is 0 Å². The number of hydrogen-bond acceptors (Lipinski definition) is 7. The molecule has 1 atom stereocenters. The van der Waals surface area contributed by atoms with E-state index in [1.807, 2.05) is 48.5 Å². The van der Waals surface area contributed by atoms with Crippen LogP contribution in [-0.2, 0) is 9.53 Å². The second-order valence-corrected chi connectivity index (χ2v) is 9.82. The van der Waals surface area contributed by atoms with Crippen LogP contribution in [0.2, 0.25) is 5.02 Å². The molecule has 5 rings (SSSR count). The van der Waals surface area contributed by atoms with Crippen LogP contribution >= 0.6 is 11.6 Å². The summed E-state index contributed by atoms with van der Waals surface area (Å²) in [4.78, 5) is 30.9. The third-order valence-electron chi connectivity index (χ3n) is 6.99. The second-order valence-electron chi connectivity index (χ2n) is 9.42. The van der Waals surface area contributed by atoms with Crippen LogP contribution in [0.3, 0.4) is 0 Å². The Balaban J connectivity index is 1.40. The Labute approximate surface area is 232 Å². The first kappa shape index (κ1) is 26.9. The molecule has 39 heavy (non-hydrogen) atoms. The molecule has 1 aromatic heterocycles. The highest BCUT2D eigenvalue weighted by Gasteiger charge is 2.35. The molecule has 3 heterocycles. The van der Waals surface area contributed by atoms with E-state index in [4.69, 9.17) is 30.6 Å². The minimum atomic E-state index is -0.352. The first-order chi connectivity index (χ1) is 19.0. The third kappa shape index (κ3) is 6.33. The molecule has 0 N–H and O–H groups in total. The average Bonchev–Trinajstić information content (AvgIpc) is 3.67. The first-order valence-corrected chi connectivity index (χ1v) is 13.3. The highest BCUT2D eigenvalue weighted by Crippen LogP contribution is 2.35. The predicted molar refractivity (Wildman–Crippen MR) is 147 cm³/mol. The molecule has 2 amide bonds. The summed E-state index contributed by atoms with van der Waals surface area (Å²) in [7, 11) is 1.61. The summed E-state index contributed by atoms with van der Waals surface area (Å²) < 4.78 is 16.1. The van der Waals surface area contributed by atoms with E-state index in [1.165, 1.54) is 16.2 Å². The van der Waals surface area contributed by atoms with Gasteiger partial charge in [0.1, 0.15) is 12.3 Å². The van der Waals surface area contributed by atoms with E-state index in [1.54, 1.807) is 19.2 Å². The molecule has 1 fully saturated rings. The lowest BCUT2D eigenvalue weighted by Gasteiger charge is -2.30. The molecule has 10 heteroatoms. The highest BCUT2D eigenvalue weighted by molar-refractivity contribution is 6.34. The largest absolute Gasteiger partial charge is 0.497 e. The van der Waals surface area contributed by atoms with E-state index in [-0.39, 0.29) is 30.2 Å². The lowest BCUT2D eigenvalue weighted by atomic mass is 9.98. The standard InChI is InChI=1S/C29H31ClN4O5/c1-37-22-10-8-21(9-11-22)26-19-25(23-5-2-3-6-24(23)30)31-34(26)28(35)20-33(29(36)27-7-4-16-39-27)13-12-32-14-17-38-18-15-32/h2-11,16,26H,12-15,17-20H2,1H3/t26-/m1/s1. The van der Waals surface area contributed by atoms with Crippen molar-refractivity contribution in [2.45, 2.75) is 12.5 Å². The van der Waals surface area contributed by atoms with Gasteiger partial charge in [-0.25, -0.2) is 5.01 Å². The van der Waals surface area contributed by atoms with Crippen molar-refractivity contribution in [2.24, 2.45) is 5.10 Å². The lowest BCUT2D eigenvalue weighted by molar-refractivity contribution is -0.133. The number of rotatable bonds is 9. The van der Waals surface area contributed by atoms with E-state index in [2.05, 4.69) is 4.90 Å². The van der Waals surface area contributed by atoms with Crippen LogP contribution in [0.5, 0.6) is 5.75 Å². The molecule has 9 nitrogen and oxygen atoms in total. The number of morpholine rings is 1. The van der Waals surface area contributed by atoms with Crippen LogP contribution in [0, 0.1) is 0 Å². The number of furan rings is 1. The minimum Gasteiger partial charge on any atom is -0.497 e. The number of carbonyl (C=O) groups is 2. The topological polar surface area (TPSA) is 87.8 Å². The Bertz CT molecular complexity index is 1310. The van der Waals surface area contributed by atoms with Gasteiger partial charge in [-0.05, 0) is 35.9 Å². The van der Waals surface area contributed by atoms with E-state index in [0.717, 1.165) is 30.0 Å². The summed E-state index contributed by atoms with van der Waals surface area (Å²) in [6.07, 6.45) is 1.94. The van der Waals surface area contributed by atoms with Gasteiger partial charge in [0.25, 0.3) is 11.8 Å². The molecule has 3 aromatic rings. The number of methoxy groups -OCH3 is 1. The summed E-state index contributed by atoms with van der Waals surface area (Å²) >= 11 is 6.49. The average molecular weight is 551 g/mol. The predicted octanol–water partition coefficient (Wildman–Crippen LogP) is 4.09. The Morgan fingerprint density at radius 3 is 2.54 bits per heavy atom. The quantitative estimate of drug-likeness (QED) is 0.399. The Morgan fingerprint density at radius 2 is 1.85 bits per heavy atom. The van der Waals surface area contributed by atoms with Crippen LogP contribution < -0.4 is 4.74 Å². The van der Waals surface area contributed by atoms with Gasteiger partial charge >= 0.3 is 0 Å². The molecule has 0 radical (unpaired) electrons. The smallest absolute Gasteiger partial charge is 0.290 e. The lowest BCUT2D eigenvalue weighted by Crippen LogP contribution is -2.46. The Morgan fingerprint density at radius 1 is 1.08 bits per heavy atom. The third-order valence-corrected chi connectivity index (χ3v) is 7.32. The summed E-state index contributed by atoms with van der Waals surface area (Å²) in [5.74, 6) is 0.287. The SMILES string of the molecule is COc1ccc([C@H]2CC(c3ccccc3Cl)=NN2C(=O)CN(CCN2CCOCC2)C(=O)c2ccco2)cc1. The van der Waals surface area contributed by atoms with Crippen LogP contribution in [0.15, 0.2) is 76.4 Å². The summed E-state index contributed by atoms with van der Waals surface area (Å²) in [6, 6.07) is 18.0. The molecule has 2 aliphatic heterocycles. The molecule has 0 aliphatic carbocycles. The zero-order valence-corrected chi connectivity index (χ0v) is 22.5. The fraction of sp³-hybridized carbons (Fsp3) is 0.345. The van der Waals surface area contributed by atoms with Crippen molar-refractivity contribution in [1.82, 2.24) is 14.8 Å². The Hall–Kier alpha value is -3.66. The first-order valence-electron chi connectivity index (χ1n) is 12.9. The summed E-state index contributed by atoms with van der Waals surface area (Å²) in [6.45, 7) is 3.73. The van der Waals surface area contributed by atoms with Crippen molar-refractivity contribution in [3.05, 3.63) is 88.8 Å². The molecular formula is C29H31ClN4O5. The van der Waals surface area contributed by atoms with Gasteiger partial charge in [-0.3, -0.25) is 14.5 Å². The molecule has 204 valence electrons. The molecule has 0 unspecified atom stereocenters. The van der Waals surface area contributed by atoms with Crippen LogP contribution in [-0.4, -0.2) is 85.4 Å². The summed E-state index contributed by atoms with van der Waals surface area (Å²) in [5.41, 5.74) is 2.41. The molecule has 0 bridgehead atoms. The van der Waals surface area contributed by atoms with Crippen LogP contribution in [0.25, 0.3) is 0 Å². The van der Waals surface area contributed by atoms with E-state index in [9.17, 15) is 9.59 Å². The Kier molecular flexibility index (Phi) is 8.61. The number of nitrogens with zero attached hydrogens (tertiary/aromatic N) is 4. The highest BCUT2D eigenvalue weighted by atomic mass is 35.5. The zero-order valence-electron chi connectivity index (χ0n) is 21.8. The van der Waals surface area contributed by atoms with Crippen LogP contribution in [0.1, 0.15) is 34.1 Å². The van der Waals surface area contributed by atoms with E-state index in [0.29, 0.717) is 43.5 Å². The van der Waals surface area contributed by atoms with Crippen molar-refractivity contribution in [3.8, 4) is 5.75 Å². The molecule has 1 saturated heterocycles. The molecule has 2 aromatic carbocycles.